The van der Waals surface area contributed by atoms with Crippen LogP contribution in [-0.4, -0.2) is 34.1 Å². The van der Waals surface area contributed by atoms with Gasteiger partial charge in [0.05, 0.1) is 9.95 Å². The van der Waals surface area contributed by atoms with Gasteiger partial charge in [-0.15, -0.1) is 0 Å². The van der Waals surface area contributed by atoms with Gasteiger partial charge in [0.25, 0.3) is 5.69 Å². The van der Waals surface area contributed by atoms with E-state index in [-0.39, 0.29) is 17.1 Å². The van der Waals surface area contributed by atoms with Crippen LogP contribution in [0, 0.1) is 16.0 Å². The molecule has 21 heavy (non-hydrogen) atoms. The Morgan fingerprint density at radius 2 is 2.19 bits per heavy atom. The van der Waals surface area contributed by atoms with Gasteiger partial charge < -0.3 is 10.0 Å². The van der Waals surface area contributed by atoms with Crippen molar-refractivity contribution in [1.82, 2.24) is 4.98 Å². The molecule has 0 unspecified atom stereocenters. The number of piperidine rings is 1. The van der Waals surface area contributed by atoms with E-state index in [1.54, 1.807) is 0 Å². The maximum absolute atomic E-state index is 10.7. The fourth-order valence-electron chi connectivity index (χ4n) is 2.51. The smallest absolute Gasteiger partial charge is 0.303 e. The molecular weight excluding hydrogens is 298 g/mol. The number of nitro groups is 1. The SMILES string of the molecule is O=C(O)CCC1CCN(c2ncc([N+](=O)[O-])cc2Cl)CC1. The van der Waals surface area contributed by atoms with Crippen molar-refractivity contribution >= 4 is 29.1 Å². The summed E-state index contributed by atoms with van der Waals surface area (Å²) in [6, 6.07) is 1.31. The van der Waals surface area contributed by atoms with E-state index in [4.69, 9.17) is 16.7 Å². The number of pyridine rings is 1. The van der Waals surface area contributed by atoms with Gasteiger partial charge in [0.15, 0.2) is 0 Å². The zero-order valence-electron chi connectivity index (χ0n) is 11.4. The highest BCUT2D eigenvalue weighted by Gasteiger charge is 2.23. The van der Waals surface area contributed by atoms with E-state index < -0.39 is 10.9 Å². The van der Waals surface area contributed by atoms with E-state index in [1.807, 2.05) is 4.90 Å². The maximum atomic E-state index is 10.7. The predicted molar refractivity (Wildman–Crippen MR) is 77.7 cm³/mol. The molecule has 0 spiro atoms. The summed E-state index contributed by atoms with van der Waals surface area (Å²) >= 11 is 6.06. The predicted octanol–water partition coefficient (Wildman–Crippen LogP) is 2.72. The summed E-state index contributed by atoms with van der Waals surface area (Å²) in [5.74, 6) is 0.186. The molecule has 0 atom stereocenters. The van der Waals surface area contributed by atoms with Gasteiger partial charge in [0, 0.05) is 25.6 Å². The average Bonchev–Trinajstić information content (AvgIpc) is 2.45. The van der Waals surface area contributed by atoms with Crippen molar-refractivity contribution in [2.45, 2.75) is 25.7 Å². The number of carboxylic acid groups (broad SMARTS) is 1. The minimum Gasteiger partial charge on any atom is -0.481 e. The number of nitrogens with zero attached hydrogens (tertiary/aromatic N) is 3. The van der Waals surface area contributed by atoms with Crippen LogP contribution in [0.15, 0.2) is 12.3 Å². The zero-order valence-corrected chi connectivity index (χ0v) is 12.1. The van der Waals surface area contributed by atoms with E-state index in [1.165, 1.54) is 12.3 Å². The van der Waals surface area contributed by atoms with Gasteiger partial charge in [-0.1, -0.05) is 11.6 Å². The molecule has 0 saturated carbocycles. The van der Waals surface area contributed by atoms with Gasteiger partial charge in [-0.2, -0.15) is 0 Å². The number of carboxylic acids is 1. The molecule has 1 aromatic heterocycles. The Hall–Kier alpha value is -1.89. The van der Waals surface area contributed by atoms with Crippen LogP contribution in [0.4, 0.5) is 11.5 Å². The number of aliphatic carboxylic acids is 1. The van der Waals surface area contributed by atoms with Crippen molar-refractivity contribution in [3.05, 3.63) is 27.4 Å². The molecule has 1 fully saturated rings. The summed E-state index contributed by atoms with van der Waals surface area (Å²) in [6.45, 7) is 1.46. The summed E-state index contributed by atoms with van der Waals surface area (Å²) in [7, 11) is 0. The molecule has 0 amide bonds. The number of rotatable bonds is 5. The molecule has 0 radical (unpaired) electrons. The topological polar surface area (TPSA) is 96.6 Å². The Kier molecular flexibility index (Phi) is 4.95. The van der Waals surface area contributed by atoms with Crippen LogP contribution >= 0.6 is 11.6 Å². The Balaban J connectivity index is 1.96. The molecule has 1 N–H and O–H groups in total. The number of carbonyl (C=O) groups is 1. The number of anilines is 1. The fraction of sp³-hybridized carbons (Fsp3) is 0.538. The maximum Gasteiger partial charge on any atom is 0.303 e. The van der Waals surface area contributed by atoms with Crippen LogP contribution in [0.3, 0.4) is 0 Å². The molecule has 1 aromatic rings. The van der Waals surface area contributed by atoms with E-state index in [0.29, 0.717) is 18.2 Å². The minimum absolute atomic E-state index is 0.125. The molecule has 1 aliphatic rings. The van der Waals surface area contributed by atoms with Crippen molar-refractivity contribution in [1.29, 1.82) is 0 Å². The second-order valence-electron chi connectivity index (χ2n) is 5.12. The van der Waals surface area contributed by atoms with Gasteiger partial charge >= 0.3 is 5.97 Å². The third-order valence-corrected chi connectivity index (χ3v) is 3.98. The first kappa shape index (κ1) is 15.5. The summed E-state index contributed by atoms with van der Waals surface area (Å²) in [4.78, 5) is 26.8. The molecule has 1 aliphatic heterocycles. The summed E-state index contributed by atoms with van der Waals surface area (Å²) in [6.07, 6.45) is 3.84. The van der Waals surface area contributed by atoms with Crippen molar-refractivity contribution in [2.75, 3.05) is 18.0 Å². The normalized spacial score (nSPS) is 16.0. The molecule has 2 rings (SSSR count). The number of hydrogen-bond acceptors (Lipinski definition) is 5. The van der Waals surface area contributed by atoms with Crippen LogP contribution in [0.5, 0.6) is 0 Å². The number of aromatic nitrogens is 1. The van der Waals surface area contributed by atoms with Gasteiger partial charge in [0.2, 0.25) is 0 Å². The Labute approximate surface area is 126 Å². The van der Waals surface area contributed by atoms with Crippen molar-refractivity contribution < 1.29 is 14.8 Å². The molecule has 0 aromatic carbocycles. The molecule has 1 saturated heterocycles. The number of hydrogen-bond donors (Lipinski definition) is 1. The van der Waals surface area contributed by atoms with Crippen LogP contribution in [0.1, 0.15) is 25.7 Å². The molecular formula is C13H16ClN3O4. The van der Waals surface area contributed by atoms with E-state index >= 15 is 0 Å². The van der Waals surface area contributed by atoms with E-state index in [0.717, 1.165) is 25.9 Å². The van der Waals surface area contributed by atoms with Crippen LogP contribution < -0.4 is 4.90 Å². The highest BCUT2D eigenvalue weighted by atomic mass is 35.5. The van der Waals surface area contributed by atoms with Gasteiger partial charge in [-0.05, 0) is 25.2 Å². The second kappa shape index (κ2) is 6.71. The van der Waals surface area contributed by atoms with Crippen molar-refractivity contribution in [3.8, 4) is 0 Å². The highest BCUT2D eigenvalue weighted by molar-refractivity contribution is 6.33. The minimum atomic E-state index is -0.766. The lowest BCUT2D eigenvalue weighted by Gasteiger charge is -2.33. The molecule has 0 aliphatic carbocycles. The van der Waals surface area contributed by atoms with E-state index in [9.17, 15) is 14.9 Å². The molecule has 8 heteroatoms. The third kappa shape index (κ3) is 4.04. The molecule has 2 heterocycles. The molecule has 0 bridgehead atoms. The fourth-order valence-corrected chi connectivity index (χ4v) is 2.79. The summed E-state index contributed by atoms with van der Waals surface area (Å²) < 4.78 is 0. The van der Waals surface area contributed by atoms with Crippen molar-refractivity contribution in [2.24, 2.45) is 5.92 Å². The van der Waals surface area contributed by atoms with Crippen LogP contribution in [0.2, 0.25) is 5.02 Å². The second-order valence-corrected chi connectivity index (χ2v) is 5.53. The summed E-state index contributed by atoms with van der Waals surface area (Å²) in [5.41, 5.74) is -0.125. The lowest BCUT2D eigenvalue weighted by Crippen LogP contribution is -2.34. The highest BCUT2D eigenvalue weighted by Crippen LogP contribution is 2.31. The lowest BCUT2D eigenvalue weighted by molar-refractivity contribution is -0.385. The molecule has 114 valence electrons. The van der Waals surface area contributed by atoms with Gasteiger partial charge in [-0.3, -0.25) is 14.9 Å². The van der Waals surface area contributed by atoms with Crippen LogP contribution in [-0.2, 0) is 4.79 Å². The van der Waals surface area contributed by atoms with Gasteiger partial charge in [0.1, 0.15) is 12.0 Å². The van der Waals surface area contributed by atoms with E-state index in [2.05, 4.69) is 4.98 Å². The lowest BCUT2D eigenvalue weighted by atomic mass is 9.92. The first-order valence-corrected chi connectivity index (χ1v) is 7.12. The monoisotopic (exact) mass is 313 g/mol. The zero-order chi connectivity index (χ0) is 15.4. The third-order valence-electron chi connectivity index (χ3n) is 3.70. The van der Waals surface area contributed by atoms with Crippen molar-refractivity contribution in [3.63, 3.8) is 0 Å². The quantitative estimate of drug-likeness (QED) is 0.663. The summed E-state index contributed by atoms with van der Waals surface area (Å²) in [5, 5.41) is 19.6. The Morgan fingerprint density at radius 3 is 2.71 bits per heavy atom. The first-order valence-electron chi connectivity index (χ1n) is 6.74. The Bertz CT molecular complexity index is 544. The molecule has 7 nitrogen and oxygen atoms in total. The van der Waals surface area contributed by atoms with Crippen LogP contribution in [0.25, 0.3) is 0 Å². The average molecular weight is 314 g/mol. The largest absolute Gasteiger partial charge is 0.481 e. The number of halogens is 1. The first-order chi connectivity index (χ1) is 9.97. The van der Waals surface area contributed by atoms with Gasteiger partial charge in [-0.25, -0.2) is 4.98 Å². The standard InChI is InChI=1S/C13H16ClN3O4/c14-11-7-10(17(20)21)8-15-13(11)16-5-3-9(4-6-16)1-2-12(18)19/h7-9H,1-6H2,(H,18,19). The Morgan fingerprint density at radius 1 is 1.52 bits per heavy atom.